The Labute approximate surface area is 94.4 Å². The standard InChI is InChI=1S/C10H6ClN3O.H2O/c11-6-1-2-7-5(3-6)4-8-9(12-7)14-10(15)13-8;/h1-4H,(H2,12,13,14,15);1H2. The number of halogens is 1. The fourth-order valence-electron chi connectivity index (χ4n) is 1.60. The van der Waals surface area contributed by atoms with Crippen LogP contribution in [0, 0.1) is 0 Å². The second-order valence-corrected chi connectivity index (χ2v) is 3.74. The van der Waals surface area contributed by atoms with E-state index in [-0.39, 0.29) is 11.2 Å². The Balaban J connectivity index is 0.000000963. The zero-order valence-corrected chi connectivity index (χ0v) is 8.80. The van der Waals surface area contributed by atoms with Crippen LogP contribution in [0.1, 0.15) is 0 Å². The second kappa shape index (κ2) is 3.62. The van der Waals surface area contributed by atoms with Gasteiger partial charge in [0.05, 0.1) is 11.0 Å². The average Bonchev–Trinajstić information content (AvgIpc) is 2.53. The predicted molar refractivity (Wildman–Crippen MR) is 62.8 cm³/mol. The summed E-state index contributed by atoms with van der Waals surface area (Å²) in [5.41, 5.74) is 1.81. The third-order valence-electron chi connectivity index (χ3n) is 2.26. The number of nitrogens with one attached hydrogen (secondary N) is 2. The van der Waals surface area contributed by atoms with Crippen molar-refractivity contribution in [1.82, 2.24) is 15.0 Å². The Hall–Kier alpha value is -1.85. The van der Waals surface area contributed by atoms with Gasteiger partial charge in [-0.15, -0.1) is 0 Å². The van der Waals surface area contributed by atoms with Crippen LogP contribution in [0.5, 0.6) is 0 Å². The minimum atomic E-state index is -0.251. The second-order valence-electron chi connectivity index (χ2n) is 3.30. The number of aromatic nitrogens is 3. The van der Waals surface area contributed by atoms with Gasteiger partial charge in [0.1, 0.15) is 0 Å². The highest BCUT2D eigenvalue weighted by atomic mass is 35.5. The highest BCUT2D eigenvalue weighted by Crippen LogP contribution is 2.20. The predicted octanol–water partition coefficient (Wildman–Crippen LogP) is 1.23. The molecule has 0 radical (unpaired) electrons. The summed E-state index contributed by atoms with van der Waals surface area (Å²) in [6.45, 7) is 0. The zero-order chi connectivity index (χ0) is 10.4. The number of fused-ring (bicyclic) bond motifs is 2. The van der Waals surface area contributed by atoms with Crippen LogP contribution in [-0.2, 0) is 0 Å². The van der Waals surface area contributed by atoms with Crippen molar-refractivity contribution in [2.45, 2.75) is 0 Å². The van der Waals surface area contributed by atoms with Crippen molar-refractivity contribution >= 4 is 33.7 Å². The molecule has 0 fully saturated rings. The van der Waals surface area contributed by atoms with Crippen LogP contribution in [0.15, 0.2) is 29.1 Å². The van der Waals surface area contributed by atoms with Crippen molar-refractivity contribution in [3.63, 3.8) is 0 Å². The van der Waals surface area contributed by atoms with E-state index < -0.39 is 0 Å². The van der Waals surface area contributed by atoms with Crippen molar-refractivity contribution in [2.75, 3.05) is 0 Å². The molecule has 0 atom stereocenters. The van der Waals surface area contributed by atoms with Gasteiger partial charge in [-0.3, -0.25) is 4.98 Å². The van der Waals surface area contributed by atoms with E-state index in [1.54, 1.807) is 6.07 Å². The molecular formula is C10H8ClN3O2. The van der Waals surface area contributed by atoms with Crippen LogP contribution in [0.3, 0.4) is 0 Å². The van der Waals surface area contributed by atoms with Crippen molar-refractivity contribution in [1.29, 1.82) is 0 Å². The van der Waals surface area contributed by atoms with Gasteiger partial charge in [0.2, 0.25) is 0 Å². The molecule has 0 bridgehead atoms. The smallest absolute Gasteiger partial charge is 0.325 e. The van der Waals surface area contributed by atoms with E-state index in [0.29, 0.717) is 16.2 Å². The van der Waals surface area contributed by atoms with E-state index in [0.717, 1.165) is 10.9 Å². The SMILES string of the molecule is O.O=c1[nH]c2cc3cc(Cl)ccc3nc2[nH]1. The summed E-state index contributed by atoms with van der Waals surface area (Å²) in [5.74, 6) is 0. The van der Waals surface area contributed by atoms with Crippen molar-refractivity contribution in [3.05, 3.63) is 39.8 Å². The van der Waals surface area contributed by atoms with Crippen LogP contribution in [-0.4, -0.2) is 20.4 Å². The van der Waals surface area contributed by atoms with Gasteiger partial charge in [-0.25, -0.2) is 9.78 Å². The Kier molecular flexibility index (Phi) is 2.41. The lowest BCUT2D eigenvalue weighted by atomic mass is 10.2. The molecule has 4 N–H and O–H groups in total. The van der Waals surface area contributed by atoms with Crippen molar-refractivity contribution in [3.8, 4) is 0 Å². The molecule has 3 rings (SSSR count). The Bertz CT molecular complexity index is 717. The summed E-state index contributed by atoms with van der Waals surface area (Å²) >= 11 is 5.87. The van der Waals surface area contributed by atoms with Gasteiger partial charge < -0.3 is 10.5 Å². The molecule has 0 aliphatic rings. The highest BCUT2D eigenvalue weighted by molar-refractivity contribution is 6.31. The summed E-state index contributed by atoms with van der Waals surface area (Å²) in [5, 5.41) is 1.56. The number of H-pyrrole nitrogens is 2. The Morgan fingerprint density at radius 1 is 1.19 bits per heavy atom. The molecule has 16 heavy (non-hydrogen) atoms. The fourth-order valence-corrected chi connectivity index (χ4v) is 1.78. The van der Waals surface area contributed by atoms with Gasteiger partial charge in [0.25, 0.3) is 0 Å². The number of hydrogen-bond acceptors (Lipinski definition) is 2. The van der Waals surface area contributed by atoms with Gasteiger partial charge in [0, 0.05) is 10.4 Å². The number of nitrogens with zero attached hydrogens (tertiary/aromatic N) is 1. The molecule has 0 aliphatic heterocycles. The van der Waals surface area contributed by atoms with Crippen LogP contribution in [0.4, 0.5) is 0 Å². The molecule has 0 amide bonds. The molecule has 2 aromatic heterocycles. The lowest BCUT2D eigenvalue weighted by Gasteiger charge is -1.97. The molecule has 82 valence electrons. The fraction of sp³-hybridized carbons (Fsp3) is 0. The minimum Gasteiger partial charge on any atom is -0.412 e. The van der Waals surface area contributed by atoms with Gasteiger partial charge in [-0.1, -0.05) is 11.6 Å². The van der Waals surface area contributed by atoms with Crippen molar-refractivity contribution < 1.29 is 5.48 Å². The summed E-state index contributed by atoms with van der Waals surface area (Å²) in [6, 6.07) is 7.26. The molecule has 2 heterocycles. The first kappa shape index (κ1) is 10.7. The molecule has 6 heteroatoms. The first-order valence-electron chi connectivity index (χ1n) is 4.41. The van der Waals surface area contributed by atoms with Crippen LogP contribution in [0.25, 0.3) is 22.1 Å². The van der Waals surface area contributed by atoms with Gasteiger partial charge in [-0.2, -0.15) is 0 Å². The molecule has 1 aromatic carbocycles. The third kappa shape index (κ3) is 1.56. The lowest BCUT2D eigenvalue weighted by Crippen LogP contribution is -1.99. The normalized spacial score (nSPS) is 10.6. The number of aromatic amines is 2. The van der Waals surface area contributed by atoms with Gasteiger partial charge in [-0.05, 0) is 24.3 Å². The molecular weight excluding hydrogens is 230 g/mol. The maximum Gasteiger partial charge on any atom is 0.325 e. The molecule has 5 nitrogen and oxygen atoms in total. The van der Waals surface area contributed by atoms with Crippen LogP contribution >= 0.6 is 11.6 Å². The van der Waals surface area contributed by atoms with Crippen molar-refractivity contribution in [2.24, 2.45) is 0 Å². The minimum absolute atomic E-state index is 0. The molecule has 0 aliphatic carbocycles. The Morgan fingerprint density at radius 3 is 2.81 bits per heavy atom. The van der Waals surface area contributed by atoms with E-state index in [1.165, 1.54) is 0 Å². The first-order chi connectivity index (χ1) is 7.22. The first-order valence-corrected chi connectivity index (χ1v) is 4.78. The van der Waals surface area contributed by atoms with Crippen LogP contribution in [0.2, 0.25) is 5.02 Å². The summed E-state index contributed by atoms with van der Waals surface area (Å²) < 4.78 is 0. The molecule has 0 saturated carbocycles. The van der Waals surface area contributed by atoms with E-state index in [4.69, 9.17) is 11.6 Å². The summed E-state index contributed by atoms with van der Waals surface area (Å²) in [4.78, 5) is 20.6. The molecule has 3 aromatic rings. The number of imidazole rings is 1. The highest BCUT2D eigenvalue weighted by Gasteiger charge is 2.02. The largest absolute Gasteiger partial charge is 0.412 e. The van der Waals surface area contributed by atoms with E-state index in [2.05, 4.69) is 15.0 Å². The third-order valence-corrected chi connectivity index (χ3v) is 2.49. The van der Waals surface area contributed by atoms with E-state index >= 15 is 0 Å². The number of rotatable bonds is 0. The summed E-state index contributed by atoms with van der Waals surface area (Å²) in [6.07, 6.45) is 0. The average molecular weight is 238 g/mol. The quantitative estimate of drug-likeness (QED) is 0.615. The molecule has 0 unspecified atom stereocenters. The van der Waals surface area contributed by atoms with E-state index in [9.17, 15) is 4.79 Å². The lowest BCUT2D eigenvalue weighted by molar-refractivity contribution is 0.824. The summed E-state index contributed by atoms with van der Waals surface area (Å²) in [7, 11) is 0. The maximum absolute atomic E-state index is 11.1. The Morgan fingerprint density at radius 2 is 2.00 bits per heavy atom. The molecule has 0 spiro atoms. The van der Waals surface area contributed by atoms with Crippen LogP contribution < -0.4 is 5.69 Å². The van der Waals surface area contributed by atoms with E-state index in [1.807, 2.05) is 18.2 Å². The molecule has 0 saturated heterocycles. The zero-order valence-electron chi connectivity index (χ0n) is 8.04. The number of pyridine rings is 1. The topological polar surface area (TPSA) is 93.0 Å². The van der Waals surface area contributed by atoms with Gasteiger partial charge in [0.15, 0.2) is 5.65 Å². The number of benzene rings is 1. The number of hydrogen-bond donors (Lipinski definition) is 2. The monoisotopic (exact) mass is 237 g/mol. The van der Waals surface area contributed by atoms with Gasteiger partial charge >= 0.3 is 5.69 Å². The maximum atomic E-state index is 11.1.